The van der Waals surface area contributed by atoms with Gasteiger partial charge in [-0.1, -0.05) is 97.3 Å². The molecule has 0 saturated carbocycles. The SMILES string of the molecule is CCC(O)CCCCCCCCCCCCCCCC(CC)S(=O)(=O)[O-].[Na+]. The monoisotopic (exact) mass is 414 g/mol. The Balaban J connectivity index is 0. The number of aliphatic hydroxyl groups excluding tert-OH is 1. The van der Waals surface area contributed by atoms with Gasteiger partial charge in [-0.15, -0.1) is 0 Å². The molecule has 0 aromatic rings. The Bertz CT molecular complexity index is 401. The minimum absolute atomic E-state index is 0. The Morgan fingerprint density at radius 2 is 1.00 bits per heavy atom. The molecule has 0 saturated heterocycles. The molecule has 0 aliphatic rings. The Morgan fingerprint density at radius 3 is 1.30 bits per heavy atom. The van der Waals surface area contributed by atoms with Crippen LogP contribution in [0.4, 0.5) is 0 Å². The minimum Gasteiger partial charge on any atom is -0.748 e. The van der Waals surface area contributed by atoms with Crippen molar-refractivity contribution in [1.29, 1.82) is 0 Å². The number of rotatable bonds is 19. The molecule has 6 heteroatoms. The third-order valence-corrected chi connectivity index (χ3v) is 6.78. The predicted molar refractivity (Wildman–Crippen MR) is 109 cm³/mol. The molecule has 0 aliphatic heterocycles. The molecule has 0 amide bonds. The van der Waals surface area contributed by atoms with E-state index in [1.54, 1.807) is 6.92 Å². The Morgan fingerprint density at radius 1 is 0.667 bits per heavy atom. The minimum atomic E-state index is -4.10. The van der Waals surface area contributed by atoms with E-state index >= 15 is 0 Å². The van der Waals surface area contributed by atoms with Crippen LogP contribution < -0.4 is 29.6 Å². The zero-order valence-corrected chi connectivity index (χ0v) is 21.1. The van der Waals surface area contributed by atoms with Gasteiger partial charge < -0.3 is 9.66 Å². The zero-order chi connectivity index (χ0) is 19.7. The number of hydrogen-bond acceptors (Lipinski definition) is 4. The van der Waals surface area contributed by atoms with Gasteiger partial charge >= 0.3 is 29.6 Å². The van der Waals surface area contributed by atoms with Crippen molar-refractivity contribution in [2.45, 2.75) is 134 Å². The van der Waals surface area contributed by atoms with E-state index < -0.39 is 15.4 Å². The fourth-order valence-electron chi connectivity index (χ4n) is 3.45. The Hall–Kier alpha value is 0.870. The first-order valence-electron chi connectivity index (χ1n) is 11.0. The van der Waals surface area contributed by atoms with Crippen LogP contribution in [-0.2, 0) is 10.1 Å². The number of hydrogen-bond donors (Lipinski definition) is 1. The van der Waals surface area contributed by atoms with Gasteiger partial charge in [0.1, 0.15) is 0 Å². The first-order valence-corrected chi connectivity index (χ1v) is 12.5. The fourth-order valence-corrected chi connectivity index (χ4v) is 4.32. The van der Waals surface area contributed by atoms with Gasteiger partial charge in [0, 0.05) is 5.25 Å². The fraction of sp³-hybridized carbons (Fsp3) is 1.00. The molecule has 0 aromatic carbocycles. The molecule has 0 radical (unpaired) electrons. The summed E-state index contributed by atoms with van der Waals surface area (Å²) in [6, 6.07) is 0. The van der Waals surface area contributed by atoms with Crippen LogP contribution in [0.15, 0.2) is 0 Å². The van der Waals surface area contributed by atoms with Gasteiger partial charge in [0.05, 0.1) is 16.2 Å². The summed E-state index contributed by atoms with van der Waals surface area (Å²) >= 11 is 0. The normalized spacial score (nSPS) is 13.9. The van der Waals surface area contributed by atoms with E-state index in [9.17, 15) is 18.1 Å². The largest absolute Gasteiger partial charge is 1.00 e. The van der Waals surface area contributed by atoms with E-state index in [0.29, 0.717) is 12.8 Å². The first-order chi connectivity index (χ1) is 12.4. The van der Waals surface area contributed by atoms with Crippen LogP contribution in [0.2, 0.25) is 0 Å². The van der Waals surface area contributed by atoms with Gasteiger partial charge in [0.15, 0.2) is 0 Å². The van der Waals surface area contributed by atoms with Crippen molar-refractivity contribution in [1.82, 2.24) is 0 Å². The van der Waals surface area contributed by atoms with E-state index in [1.165, 1.54) is 57.8 Å². The summed E-state index contributed by atoms with van der Waals surface area (Å²) in [5.41, 5.74) is 0. The molecule has 4 nitrogen and oxygen atoms in total. The molecule has 0 spiro atoms. The molecule has 0 bridgehead atoms. The molecule has 27 heavy (non-hydrogen) atoms. The molecule has 0 aromatic heterocycles. The summed E-state index contributed by atoms with van der Waals surface area (Å²) in [5.74, 6) is 0. The van der Waals surface area contributed by atoms with E-state index in [-0.39, 0.29) is 35.7 Å². The Labute approximate surface area is 191 Å². The Kier molecular flexibility index (Phi) is 22.4. The van der Waals surface area contributed by atoms with E-state index in [4.69, 9.17) is 0 Å². The number of aliphatic hydroxyl groups is 1. The average Bonchev–Trinajstić information content (AvgIpc) is 2.60. The second-order valence-corrected chi connectivity index (χ2v) is 9.41. The second kappa shape index (κ2) is 20.2. The van der Waals surface area contributed by atoms with Crippen LogP contribution in [-0.4, -0.2) is 29.4 Å². The van der Waals surface area contributed by atoms with Crippen LogP contribution in [0.1, 0.15) is 123 Å². The van der Waals surface area contributed by atoms with Gasteiger partial charge in [-0.2, -0.15) is 0 Å². The van der Waals surface area contributed by atoms with Crippen molar-refractivity contribution < 1.29 is 47.6 Å². The van der Waals surface area contributed by atoms with Crippen molar-refractivity contribution >= 4 is 10.1 Å². The van der Waals surface area contributed by atoms with Crippen molar-refractivity contribution in [2.75, 3.05) is 0 Å². The van der Waals surface area contributed by atoms with Gasteiger partial charge in [-0.25, -0.2) is 8.42 Å². The van der Waals surface area contributed by atoms with Gasteiger partial charge in [0.2, 0.25) is 0 Å². The molecule has 0 heterocycles. The van der Waals surface area contributed by atoms with Crippen LogP contribution in [0, 0.1) is 0 Å². The topological polar surface area (TPSA) is 77.4 Å². The van der Waals surface area contributed by atoms with Crippen molar-refractivity contribution in [3.05, 3.63) is 0 Å². The maximum absolute atomic E-state index is 11.0. The molecule has 1 N–H and O–H groups in total. The summed E-state index contributed by atoms with van der Waals surface area (Å²) in [5, 5.41) is 8.80. The van der Waals surface area contributed by atoms with Crippen LogP contribution in [0.3, 0.4) is 0 Å². The third kappa shape index (κ3) is 19.9. The van der Waals surface area contributed by atoms with E-state index in [0.717, 1.165) is 38.5 Å². The van der Waals surface area contributed by atoms with Gasteiger partial charge in [-0.05, 0) is 25.7 Å². The van der Waals surface area contributed by atoms with Gasteiger partial charge in [0.25, 0.3) is 0 Å². The average molecular weight is 415 g/mol. The molecule has 2 unspecified atom stereocenters. The molecule has 2 atom stereocenters. The summed E-state index contributed by atoms with van der Waals surface area (Å²) in [6.45, 7) is 3.81. The van der Waals surface area contributed by atoms with Crippen molar-refractivity contribution in [2.24, 2.45) is 0 Å². The second-order valence-electron chi connectivity index (χ2n) is 7.76. The van der Waals surface area contributed by atoms with Gasteiger partial charge in [-0.3, -0.25) is 0 Å². The molecule has 158 valence electrons. The standard InChI is InChI=1S/C21H44O4S.Na/c1-3-20(22)18-16-14-12-10-8-6-5-7-9-11-13-15-17-19-21(4-2)26(23,24)25;/h20-22H,3-19H2,1-2H3,(H,23,24,25);/q;+1/p-1. The van der Waals surface area contributed by atoms with Crippen LogP contribution >= 0.6 is 0 Å². The van der Waals surface area contributed by atoms with E-state index in [2.05, 4.69) is 0 Å². The van der Waals surface area contributed by atoms with Crippen molar-refractivity contribution in [3.8, 4) is 0 Å². The zero-order valence-electron chi connectivity index (χ0n) is 18.3. The summed E-state index contributed by atoms with van der Waals surface area (Å²) in [6.07, 6.45) is 18.6. The quantitative estimate of drug-likeness (QED) is 0.200. The summed E-state index contributed by atoms with van der Waals surface area (Å²) in [4.78, 5) is 0. The molecule has 0 fully saturated rings. The molecule has 0 aliphatic carbocycles. The van der Waals surface area contributed by atoms with Crippen LogP contribution in [0.25, 0.3) is 0 Å². The maximum Gasteiger partial charge on any atom is 1.00 e. The maximum atomic E-state index is 11.0. The summed E-state index contributed by atoms with van der Waals surface area (Å²) in [7, 11) is -4.10. The summed E-state index contributed by atoms with van der Waals surface area (Å²) < 4.78 is 33.0. The van der Waals surface area contributed by atoms with Crippen LogP contribution in [0.5, 0.6) is 0 Å². The molecule has 0 rings (SSSR count). The molecular formula is C21H43NaO4S. The predicted octanol–water partition coefficient (Wildman–Crippen LogP) is 2.94. The first kappa shape index (κ1) is 30.1. The smallest absolute Gasteiger partial charge is 0.748 e. The third-order valence-electron chi connectivity index (χ3n) is 5.40. The van der Waals surface area contributed by atoms with Crippen molar-refractivity contribution in [3.63, 3.8) is 0 Å². The molecular weight excluding hydrogens is 371 g/mol. The van der Waals surface area contributed by atoms with E-state index in [1.807, 2.05) is 6.92 Å². The number of unbranched alkanes of at least 4 members (excludes halogenated alkanes) is 12.